The first kappa shape index (κ1) is 26.6. The van der Waals surface area contributed by atoms with Crippen LogP contribution in [0.25, 0.3) is 0 Å². The first-order chi connectivity index (χ1) is 16.8. The number of halogens is 1. The van der Waals surface area contributed by atoms with Crippen molar-refractivity contribution >= 4 is 50.5 Å². The van der Waals surface area contributed by atoms with Gasteiger partial charge >= 0.3 is 0 Å². The standard InChI is InChI=1S/C25H34ClN5O3S/c1-5-6-7-10-15-34-18-13-14-23(33-2)22(16-18)29-25-27-17-19(26)24(30-25)28-20-11-8-9-12-21(20)31-35(3,4)32/h8-9,11-14,16-17,35H,5-7,10,15H2,1-4H3,(H,31,32)(H2,27,28,29,30). The molecule has 0 unspecified atom stereocenters. The second-order valence-corrected chi connectivity index (χ2v) is 11.8. The highest BCUT2D eigenvalue weighted by molar-refractivity contribution is 8.02. The number of unbranched alkanes of at least 4 members (excludes halogenated alkanes) is 3. The average Bonchev–Trinajstić information content (AvgIpc) is 2.81. The van der Waals surface area contributed by atoms with Crippen LogP contribution in [-0.4, -0.2) is 40.4 Å². The second kappa shape index (κ2) is 12.6. The van der Waals surface area contributed by atoms with Crippen molar-refractivity contribution in [3.8, 4) is 11.5 Å². The minimum Gasteiger partial charge on any atom is -0.495 e. The molecule has 8 nitrogen and oxygen atoms in total. The Labute approximate surface area is 213 Å². The van der Waals surface area contributed by atoms with Crippen LogP contribution < -0.4 is 24.8 Å². The third-order valence-electron chi connectivity index (χ3n) is 5.00. The van der Waals surface area contributed by atoms with Gasteiger partial charge in [-0.05, 0) is 40.8 Å². The van der Waals surface area contributed by atoms with Crippen LogP contribution in [-0.2, 0) is 10.1 Å². The molecular formula is C25H34ClN5O3S. The smallest absolute Gasteiger partial charge is 0.229 e. The Kier molecular flexibility index (Phi) is 9.56. The number of para-hydroxylation sites is 2. The number of ether oxygens (including phenoxy) is 2. The molecule has 190 valence electrons. The quantitative estimate of drug-likeness (QED) is 0.158. The number of hydrogen-bond acceptors (Lipinski definition) is 7. The van der Waals surface area contributed by atoms with Gasteiger partial charge in [0, 0.05) is 18.6 Å². The molecular weight excluding hydrogens is 486 g/mol. The lowest BCUT2D eigenvalue weighted by Gasteiger charge is -2.20. The Balaban J connectivity index is 1.78. The summed E-state index contributed by atoms with van der Waals surface area (Å²) < 4.78 is 26.7. The number of hydrogen-bond donors (Lipinski definition) is 4. The molecule has 2 aromatic carbocycles. The summed E-state index contributed by atoms with van der Waals surface area (Å²) in [4.78, 5) is 8.85. The number of methoxy groups -OCH3 is 1. The molecule has 0 aliphatic heterocycles. The van der Waals surface area contributed by atoms with E-state index in [0.29, 0.717) is 46.2 Å². The normalized spacial score (nSPS) is 11.6. The van der Waals surface area contributed by atoms with Gasteiger partial charge in [-0.3, -0.25) is 4.21 Å². The highest BCUT2D eigenvalue weighted by Crippen LogP contribution is 2.33. The molecule has 0 saturated heterocycles. The molecule has 0 spiro atoms. The van der Waals surface area contributed by atoms with E-state index in [2.05, 4.69) is 32.2 Å². The van der Waals surface area contributed by atoms with E-state index in [0.717, 1.165) is 18.6 Å². The Morgan fingerprint density at radius 2 is 1.77 bits per heavy atom. The number of thiol groups is 1. The molecule has 3 aromatic rings. The van der Waals surface area contributed by atoms with Gasteiger partial charge in [-0.25, -0.2) is 4.98 Å². The molecule has 0 radical (unpaired) electrons. The maximum absolute atomic E-state index is 12.3. The molecule has 0 aliphatic carbocycles. The summed E-state index contributed by atoms with van der Waals surface area (Å²) in [5, 5.41) is 6.75. The molecule has 1 heterocycles. The fraction of sp³-hybridized carbons (Fsp3) is 0.360. The van der Waals surface area contributed by atoms with Crippen molar-refractivity contribution in [2.45, 2.75) is 32.6 Å². The van der Waals surface area contributed by atoms with Crippen molar-refractivity contribution in [2.75, 3.05) is 41.6 Å². The Bertz CT molecular complexity index is 1170. The van der Waals surface area contributed by atoms with Gasteiger partial charge in [0.25, 0.3) is 0 Å². The summed E-state index contributed by atoms with van der Waals surface area (Å²) in [5.74, 6) is 2.10. The van der Waals surface area contributed by atoms with Crippen LogP contribution in [0.2, 0.25) is 5.02 Å². The molecule has 3 N–H and O–H groups in total. The predicted molar refractivity (Wildman–Crippen MR) is 148 cm³/mol. The van der Waals surface area contributed by atoms with Crippen LogP contribution in [0.5, 0.6) is 11.5 Å². The lowest BCUT2D eigenvalue weighted by atomic mass is 10.2. The number of aromatic nitrogens is 2. The first-order valence-corrected chi connectivity index (χ1v) is 14.6. The molecule has 0 amide bonds. The topological polar surface area (TPSA) is 97.4 Å². The number of anilines is 5. The monoisotopic (exact) mass is 519 g/mol. The predicted octanol–water partition coefficient (Wildman–Crippen LogP) is 6.19. The first-order valence-electron chi connectivity index (χ1n) is 11.6. The Morgan fingerprint density at radius 1 is 1.00 bits per heavy atom. The van der Waals surface area contributed by atoms with Gasteiger partial charge in [-0.1, -0.05) is 49.9 Å². The van der Waals surface area contributed by atoms with E-state index in [4.69, 9.17) is 21.1 Å². The zero-order chi connectivity index (χ0) is 25.3. The Hall–Kier alpha value is -3.04. The van der Waals surface area contributed by atoms with E-state index in [1.807, 2.05) is 42.5 Å². The summed E-state index contributed by atoms with van der Waals surface area (Å²) in [6, 6.07) is 13.0. The summed E-state index contributed by atoms with van der Waals surface area (Å²) >= 11 is 6.38. The lowest BCUT2D eigenvalue weighted by Crippen LogP contribution is -2.18. The molecule has 1 aromatic heterocycles. The van der Waals surface area contributed by atoms with Crippen molar-refractivity contribution in [3.63, 3.8) is 0 Å². The number of nitrogens with one attached hydrogen (secondary N) is 3. The highest BCUT2D eigenvalue weighted by atomic mass is 35.5. The number of benzene rings is 2. The van der Waals surface area contributed by atoms with Gasteiger partial charge in [0.1, 0.15) is 16.5 Å². The van der Waals surface area contributed by atoms with Crippen LogP contribution in [0, 0.1) is 0 Å². The zero-order valence-electron chi connectivity index (χ0n) is 20.6. The maximum Gasteiger partial charge on any atom is 0.229 e. The van der Waals surface area contributed by atoms with Gasteiger partial charge in [0.05, 0.1) is 37.0 Å². The Morgan fingerprint density at radius 3 is 2.49 bits per heavy atom. The maximum atomic E-state index is 12.3. The largest absolute Gasteiger partial charge is 0.495 e. The third kappa shape index (κ3) is 8.29. The van der Waals surface area contributed by atoms with E-state index in [1.54, 1.807) is 19.6 Å². The third-order valence-corrected chi connectivity index (χ3v) is 6.05. The van der Waals surface area contributed by atoms with Crippen LogP contribution in [0.1, 0.15) is 32.6 Å². The minimum absolute atomic E-state index is 0.331. The summed E-state index contributed by atoms with van der Waals surface area (Å²) in [6.45, 7) is 2.85. The van der Waals surface area contributed by atoms with Crippen molar-refractivity contribution in [1.82, 2.24) is 9.97 Å². The molecule has 0 bridgehead atoms. The van der Waals surface area contributed by atoms with Crippen LogP contribution in [0.15, 0.2) is 48.7 Å². The van der Waals surface area contributed by atoms with E-state index in [9.17, 15) is 4.21 Å². The van der Waals surface area contributed by atoms with Crippen LogP contribution in [0.4, 0.5) is 28.8 Å². The molecule has 0 fully saturated rings. The van der Waals surface area contributed by atoms with Crippen molar-refractivity contribution in [2.24, 2.45) is 0 Å². The minimum atomic E-state index is -2.51. The fourth-order valence-corrected chi connectivity index (χ4v) is 4.25. The summed E-state index contributed by atoms with van der Waals surface area (Å²) in [6.07, 6.45) is 9.41. The second-order valence-electron chi connectivity index (χ2n) is 8.42. The molecule has 0 atom stereocenters. The van der Waals surface area contributed by atoms with Gasteiger partial charge in [-0.15, -0.1) is 0 Å². The van der Waals surface area contributed by atoms with Gasteiger partial charge in [0.2, 0.25) is 5.95 Å². The van der Waals surface area contributed by atoms with Crippen LogP contribution >= 0.6 is 11.6 Å². The van der Waals surface area contributed by atoms with E-state index in [1.165, 1.54) is 19.0 Å². The SMILES string of the molecule is CCCCCCOc1ccc(OC)c(Nc2ncc(Cl)c(Nc3ccccc3N[SH](C)(C)=O)n2)c1. The van der Waals surface area contributed by atoms with Gasteiger partial charge in [0.15, 0.2) is 5.82 Å². The molecule has 0 saturated carbocycles. The highest BCUT2D eigenvalue weighted by Gasteiger charge is 2.12. The average molecular weight is 520 g/mol. The van der Waals surface area contributed by atoms with Gasteiger partial charge in [-0.2, -0.15) is 4.98 Å². The summed E-state index contributed by atoms with van der Waals surface area (Å²) in [7, 11) is -0.906. The van der Waals surface area contributed by atoms with E-state index >= 15 is 0 Å². The lowest BCUT2D eigenvalue weighted by molar-refractivity contribution is 0.304. The van der Waals surface area contributed by atoms with Crippen LogP contribution in [0.3, 0.4) is 0 Å². The molecule has 3 rings (SSSR count). The van der Waals surface area contributed by atoms with E-state index < -0.39 is 10.1 Å². The molecule has 0 aliphatic rings. The zero-order valence-corrected chi connectivity index (χ0v) is 22.2. The van der Waals surface area contributed by atoms with Crippen molar-refractivity contribution < 1.29 is 13.7 Å². The van der Waals surface area contributed by atoms with Crippen molar-refractivity contribution in [3.05, 3.63) is 53.7 Å². The summed E-state index contributed by atoms with van der Waals surface area (Å²) in [5.41, 5.74) is 2.06. The fourth-order valence-electron chi connectivity index (χ4n) is 3.34. The molecule has 35 heavy (non-hydrogen) atoms. The number of rotatable bonds is 13. The number of nitrogens with zero attached hydrogens (tertiary/aromatic N) is 2. The van der Waals surface area contributed by atoms with E-state index in [-0.39, 0.29) is 0 Å². The molecule has 10 heteroatoms. The van der Waals surface area contributed by atoms with Crippen molar-refractivity contribution in [1.29, 1.82) is 0 Å². The van der Waals surface area contributed by atoms with Gasteiger partial charge < -0.3 is 24.8 Å².